The van der Waals surface area contributed by atoms with Crippen LogP contribution in [0.3, 0.4) is 0 Å². The maximum Gasteiger partial charge on any atom is 0.256 e. The van der Waals surface area contributed by atoms with E-state index in [1.807, 2.05) is 18.2 Å². The first-order chi connectivity index (χ1) is 13.2. The molecular formula is C22H28N2O2S. The van der Waals surface area contributed by atoms with Gasteiger partial charge in [-0.1, -0.05) is 25.0 Å². The van der Waals surface area contributed by atoms with Crippen LogP contribution in [0.5, 0.6) is 0 Å². The predicted molar refractivity (Wildman–Crippen MR) is 111 cm³/mol. The van der Waals surface area contributed by atoms with Crippen LogP contribution in [0.15, 0.2) is 35.7 Å². The van der Waals surface area contributed by atoms with E-state index in [4.69, 9.17) is 4.74 Å². The second kappa shape index (κ2) is 8.44. The van der Waals surface area contributed by atoms with E-state index in [2.05, 4.69) is 34.2 Å². The van der Waals surface area contributed by atoms with E-state index in [9.17, 15) is 4.79 Å². The quantitative estimate of drug-likeness (QED) is 0.762. The van der Waals surface area contributed by atoms with Crippen molar-refractivity contribution in [1.82, 2.24) is 4.90 Å². The van der Waals surface area contributed by atoms with E-state index < -0.39 is 0 Å². The molecule has 0 bridgehead atoms. The zero-order valence-corrected chi connectivity index (χ0v) is 16.8. The number of para-hydroxylation sites is 1. The fourth-order valence-corrected chi connectivity index (χ4v) is 5.10. The van der Waals surface area contributed by atoms with Gasteiger partial charge in [0.1, 0.15) is 0 Å². The Bertz CT molecular complexity index is 776. The van der Waals surface area contributed by atoms with Crippen LogP contribution in [-0.2, 0) is 11.3 Å². The molecule has 4 rings (SSSR count). The highest BCUT2D eigenvalue weighted by Gasteiger charge is 2.30. The predicted octanol–water partition coefficient (Wildman–Crippen LogP) is 4.48. The molecule has 4 nitrogen and oxygen atoms in total. The summed E-state index contributed by atoms with van der Waals surface area (Å²) in [6.45, 7) is 6.01. The van der Waals surface area contributed by atoms with Crippen molar-refractivity contribution in [3.63, 3.8) is 0 Å². The lowest BCUT2D eigenvalue weighted by molar-refractivity contribution is 0.0666. The lowest BCUT2D eigenvalue weighted by atomic mass is 10.1. The summed E-state index contributed by atoms with van der Waals surface area (Å²) < 4.78 is 5.50. The van der Waals surface area contributed by atoms with Crippen molar-refractivity contribution >= 4 is 22.9 Å². The zero-order chi connectivity index (χ0) is 18.6. The number of aryl methyl sites for hydroxylation is 1. The van der Waals surface area contributed by atoms with Gasteiger partial charge in [-0.15, -0.1) is 11.3 Å². The summed E-state index contributed by atoms with van der Waals surface area (Å²) in [6, 6.07) is 10.6. The van der Waals surface area contributed by atoms with Crippen LogP contribution in [0, 0.1) is 6.92 Å². The van der Waals surface area contributed by atoms with Gasteiger partial charge < -0.3 is 14.5 Å². The second-order valence-corrected chi connectivity index (χ2v) is 8.52. The fourth-order valence-electron chi connectivity index (χ4n) is 4.19. The third-order valence-electron chi connectivity index (χ3n) is 5.79. The van der Waals surface area contributed by atoms with Crippen molar-refractivity contribution in [2.45, 2.75) is 45.2 Å². The van der Waals surface area contributed by atoms with Gasteiger partial charge >= 0.3 is 0 Å². The van der Waals surface area contributed by atoms with Gasteiger partial charge in [0.05, 0.1) is 25.3 Å². The summed E-state index contributed by atoms with van der Waals surface area (Å²) in [5.74, 6) is 0.178. The molecule has 1 amide bonds. The molecule has 2 fully saturated rings. The standard InChI is InChI=1S/C22H28N2O2S/c1-17-10-15-27-21(17)16-24(18-6-2-3-7-18)22(25)19-8-4-5-9-20(19)23-11-13-26-14-12-23/h4-5,8-10,15,18H,2-3,6-7,11-14,16H2,1H3. The van der Waals surface area contributed by atoms with Crippen molar-refractivity contribution in [1.29, 1.82) is 0 Å². The molecule has 0 unspecified atom stereocenters. The zero-order valence-electron chi connectivity index (χ0n) is 16.0. The molecule has 0 N–H and O–H groups in total. The fraction of sp³-hybridized carbons (Fsp3) is 0.500. The molecule has 0 radical (unpaired) electrons. The number of thiophene rings is 1. The summed E-state index contributed by atoms with van der Waals surface area (Å²) in [4.78, 5) is 19.4. The number of amides is 1. The van der Waals surface area contributed by atoms with E-state index in [1.54, 1.807) is 11.3 Å². The highest BCUT2D eigenvalue weighted by Crippen LogP contribution is 2.31. The van der Waals surface area contributed by atoms with Crippen LogP contribution < -0.4 is 4.90 Å². The van der Waals surface area contributed by atoms with Crippen LogP contribution in [0.1, 0.15) is 46.5 Å². The number of hydrogen-bond acceptors (Lipinski definition) is 4. The summed E-state index contributed by atoms with van der Waals surface area (Å²) in [5.41, 5.74) is 3.18. The molecule has 0 atom stereocenters. The number of carbonyl (C=O) groups excluding carboxylic acids is 1. The monoisotopic (exact) mass is 384 g/mol. The minimum absolute atomic E-state index is 0.178. The SMILES string of the molecule is Cc1ccsc1CN(C(=O)c1ccccc1N1CCOCC1)C1CCCC1. The van der Waals surface area contributed by atoms with Gasteiger partial charge in [-0.25, -0.2) is 0 Å². The Hall–Kier alpha value is -1.85. The first-order valence-electron chi connectivity index (χ1n) is 9.99. The van der Waals surface area contributed by atoms with E-state index in [-0.39, 0.29) is 5.91 Å². The van der Waals surface area contributed by atoms with Crippen molar-refractivity contribution in [2.75, 3.05) is 31.2 Å². The third-order valence-corrected chi connectivity index (χ3v) is 6.80. The molecule has 2 heterocycles. The van der Waals surface area contributed by atoms with Crippen molar-refractivity contribution in [3.8, 4) is 0 Å². The summed E-state index contributed by atoms with van der Waals surface area (Å²) in [7, 11) is 0. The van der Waals surface area contributed by atoms with E-state index in [1.165, 1.54) is 23.3 Å². The van der Waals surface area contributed by atoms with Crippen LogP contribution in [0.2, 0.25) is 0 Å². The van der Waals surface area contributed by atoms with Crippen LogP contribution in [0.25, 0.3) is 0 Å². The molecular weight excluding hydrogens is 356 g/mol. The van der Waals surface area contributed by atoms with Gasteiger partial charge in [0.2, 0.25) is 0 Å². The van der Waals surface area contributed by atoms with Gasteiger partial charge in [0, 0.05) is 29.7 Å². The number of anilines is 1. The molecule has 1 aromatic carbocycles. The molecule has 1 saturated heterocycles. The summed E-state index contributed by atoms with van der Waals surface area (Å²) in [6.07, 6.45) is 4.69. The Kier molecular flexibility index (Phi) is 5.79. The lowest BCUT2D eigenvalue weighted by Gasteiger charge is -2.33. The maximum absolute atomic E-state index is 13.7. The maximum atomic E-state index is 13.7. The van der Waals surface area contributed by atoms with Crippen LogP contribution >= 0.6 is 11.3 Å². The number of morpholine rings is 1. The van der Waals surface area contributed by atoms with Gasteiger partial charge in [0.25, 0.3) is 5.91 Å². The number of ether oxygens (including phenoxy) is 1. The molecule has 0 spiro atoms. The van der Waals surface area contributed by atoms with Gasteiger partial charge in [-0.2, -0.15) is 0 Å². The number of benzene rings is 1. The Morgan fingerprint density at radius 3 is 2.63 bits per heavy atom. The van der Waals surface area contributed by atoms with Crippen molar-refractivity contribution in [2.24, 2.45) is 0 Å². The summed E-state index contributed by atoms with van der Waals surface area (Å²) in [5, 5.41) is 2.13. The normalized spacial score (nSPS) is 18.0. The highest BCUT2D eigenvalue weighted by atomic mass is 32.1. The average Bonchev–Trinajstić information content (AvgIpc) is 3.38. The van der Waals surface area contributed by atoms with Crippen LogP contribution in [0.4, 0.5) is 5.69 Å². The minimum Gasteiger partial charge on any atom is -0.378 e. The van der Waals surface area contributed by atoms with E-state index >= 15 is 0 Å². The van der Waals surface area contributed by atoms with Gasteiger partial charge in [-0.3, -0.25) is 4.79 Å². The van der Waals surface area contributed by atoms with Gasteiger partial charge in [0.15, 0.2) is 0 Å². The lowest BCUT2D eigenvalue weighted by Crippen LogP contribution is -2.41. The van der Waals surface area contributed by atoms with Crippen molar-refractivity contribution in [3.05, 3.63) is 51.7 Å². The first kappa shape index (κ1) is 18.5. The highest BCUT2D eigenvalue weighted by molar-refractivity contribution is 7.10. The molecule has 1 saturated carbocycles. The topological polar surface area (TPSA) is 32.8 Å². The number of carbonyl (C=O) groups is 1. The smallest absolute Gasteiger partial charge is 0.256 e. The van der Waals surface area contributed by atoms with E-state index in [0.29, 0.717) is 6.04 Å². The molecule has 144 valence electrons. The van der Waals surface area contributed by atoms with Gasteiger partial charge in [-0.05, 0) is 48.9 Å². The summed E-state index contributed by atoms with van der Waals surface area (Å²) >= 11 is 1.76. The number of rotatable bonds is 5. The number of hydrogen-bond donors (Lipinski definition) is 0. The average molecular weight is 385 g/mol. The molecule has 1 aliphatic carbocycles. The molecule has 27 heavy (non-hydrogen) atoms. The minimum atomic E-state index is 0.178. The number of nitrogens with zero attached hydrogens (tertiary/aromatic N) is 2. The molecule has 1 aliphatic heterocycles. The molecule has 2 aliphatic rings. The first-order valence-corrected chi connectivity index (χ1v) is 10.9. The molecule has 1 aromatic heterocycles. The Labute approximate surface area is 165 Å². The second-order valence-electron chi connectivity index (χ2n) is 7.51. The third kappa shape index (κ3) is 4.04. The Balaban J connectivity index is 1.64. The Morgan fingerprint density at radius 2 is 1.93 bits per heavy atom. The molecule has 2 aromatic rings. The Morgan fingerprint density at radius 1 is 1.19 bits per heavy atom. The van der Waals surface area contributed by atoms with Crippen molar-refractivity contribution < 1.29 is 9.53 Å². The molecule has 5 heteroatoms. The van der Waals surface area contributed by atoms with Crippen LogP contribution in [-0.4, -0.2) is 43.2 Å². The van der Waals surface area contributed by atoms with E-state index in [0.717, 1.165) is 56.9 Å². The largest absolute Gasteiger partial charge is 0.378 e.